The number of hydrogen-bond acceptors (Lipinski definition) is 5. The zero-order valence-electron chi connectivity index (χ0n) is 12.9. The van der Waals surface area contributed by atoms with Gasteiger partial charge in [-0.1, -0.05) is 13.0 Å². The minimum absolute atomic E-state index is 0.0796. The highest BCUT2D eigenvalue weighted by Crippen LogP contribution is 2.22. The molecule has 3 rings (SSSR count). The Kier molecular flexibility index (Phi) is 4.71. The summed E-state index contributed by atoms with van der Waals surface area (Å²) in [6.07, 6.45) is 3.23. The van der Waals surface area contributed by atoms with Crippen molar-refractivity contribution in [2.24, 2.45) is 0 Å². The van der Waals surface area contributed by atoms with Crippen molar-refractivity contribution in [2.75, 3.05) is 11.9 Å². The van der Waals surface area contributed by atoms with E-state index in [9.17, 15) is 9.59 Å². The first kappa shape index (κ1) is 15.7. The molecular weight excluding hydrogens is 314 g/mol. The molecule has 0 aliphatic carbocycles. The zero-order valence-corrected chi connectivity index (χ0v) is 13.7. The van der Waals surface area contributed by atoms with Gasteiger partial charge in [0.2, 0.25) is 11.9 Å². The summed E-state index contributed by atoms with van der Waals surface area (Å²) < 4.78 is 0. The second-order valence-electron chi connectivity index (χ2n) is 5.44. The lowest BCUT2D eigenvalue weighted by molar-refractivity contribution is -0.121. The SMILES string of the molecule is CCc1nc(NC(=O)C2CCCCN2C(=O)c2cccs2)n[nH]1. The molecule has 0 saturated carbocycles. The highest BCUT2D eigenvalue weighted by Gasteiger charge is 2.33. The highest BCUT2D eigenvalue weighted by atomic mass is 32.1. The minimum Gasteiger partial charge on any atom is -0.326 e. The number of nitrogens with zero attached hydrogens (tertiary/aromatic N) is 3. The Morgan fingerprint density at radius 2 is 2.35 bits per heavy atom. The van der Waals surface area contributed by atoms with Gasteiger partial charge in [-0.25, -0.2) is 0 Å². The monoisotopic (exact) mass is 333 g/mol. The first-order chi connectivity index (χ1) is 11.2. The van der Waals surface area contributed by atoms with E-state index in [1.165, 1.54) is 11.3 Å². The summed E-state index contributed by atoms with van der Waals surface area (Å²) in [5.41, 5.74) is 0. The molecule has 1 atom stereocenters. The predicted octanol–water partition coefficient (Wildman–Crippen LogP) is 2.06. The van der Waals surface area contributed by atoms with Gasteiger partial charge in [-0.15, -0.1) is 16.4 Å². The van der Waals surface area contributed by atoms with Gasteiger partial charge < -0.3 is 4.90 Å². The summed E-state index contributed by atoms with van der Waals surface area (Å²) in [4.78, 5) is 31.7. The predicted molar refractivity (Wildman–Crippen MR) is 87.4 cm³/mol. The number of aromatic nitrogens is 3. The van der Waals surface area contributed by atoms with E-state index in [1.807, 2.05) is 18.4 Å². The van der Waals surface area contributed by atoms with Crippen LogP contribution in [0.15, 0.2) is 17.5 Å². The third-order valence-electron chi connectivity index (χ3n) is 3.90. The van der Waals surface area contributed by atoms with Crippen LogP contribution in [0.25, 0.3) is 0 Å². The zero-order chi connectivity index (χ0) is 16.2. The van der Waals surface area contributed by atoms with Crippen molar-refractivity contribution in [3.63, 3.8) is 0 Å². The fraction of sp³-hybridized carbons (Fsp3) is 0.467. The maximum atomic E-state index is 12.6. The Morgan fingerprint density at radius 1 is 1.48 bits per heavy atom. The van der Waals surface area contributed by atoms with Crippen LogP contribution in [-0.4, -0.2) is 44.5 Å². The van der Waals surface area contributed by atoms with Crippen LogP contribution in [0, 0.1) is 0 Å². The molecule has 1 saturated heterocycles. The number of likely N-dealkylation sites (tertiary alicyclic amines) is 1. The number of nitrogens with one attached hydrogen (secondary N) is 2. The van der Waals surface area contributed by atoms with Crippen molar-refractivity contribution in [2.45, 2.75) is 38.6 Å². The summed E-state index contributed by atoms with van der Waals surface area (Å²) in [6.45, 7) is 2.55. The number of hydrogen-bond donors (Lipinski definition) is 2. The largest absolute Gasteiger partial charge is 0.326 e. The molecule has 1 aliphatic heterocycles. The van der Waals surface area contributed by atoms with Gasteiger partial charge in [-0.05, 0) is 30.7 Å². The normalized spacial score (nSPS) is 18.0. The number of aryl methyl sites for hydroxylation is 1. The molecule has 1 fully saturated rings. The molecule has 2 N–H and O–H groups in total. The van der Waals surface area contributed by atoms with Gasteiger partial charge in [0.25, 0.3) is 5.91 Å². The van der Waals surface area contributed by atoms with Crippen molar-refractivity contribution >= 4 is 29.1 Å². The van der Waals surface area contributed by atoms with Crippen LogP contribution >= 0.6 is 11.3 Å². The molecule has 1 unspecified atom stereocenters. The standard InChI is InChI=1S/C15H19N5O2S/c1-2-12-16-15(19-18-12)17-13(21)10-6-3-4-8-20(10)14(22)11-7-5-9-23-11/h5,7,9-10H,2-4,6,8H2,1H3,(H2,16,17,18,19,21). The molecule has 7 nitrogen and oxygen atoms in total. The fourth-order valence-electron chi connectivity index (χ4n) is 2.69. The highest BCUT2D eigenvalue weighted by molar-refractivity contribution is 7.12. The first-order valence-corrected chi connectivity index (χ1v) is 8.63. The number of anilines is 1. The van der Waals surface area contributed by atoms with Crippen LogP contribution in [0.3, 0.4) is 0 Å². The van der Waals surface area contributed by atoms with Gasteiger partial charge in [-0.2, -0.15) is 4.98 Å². The Labute approximate surface area is 138 Å². The van der Waals surface area contributed by atoms with E-state index >= 15 is 0 Å². The molecule has 2 aromatic heterocycles. The summed E-state index contributed by atoms with van der Waals surface area (Å²) >= 11 is 1.40. The second-order valence-corrected chi connectivity index (χ2v) is 6.38. The number of amides is 2. The fourth-order valence-corrected chi connectivity index (χ4v) is 3.37. The van der Waals surface area contributed by atoms with Gasteiger partial charge in [0.15, 0.2) is 0 Å². The lowest BCUT2D eigenvalue weighted by Crippen LogP contribution is -2.49. The molecular formula is C15H19N5O2S. The lowest BCUT2D eigenvalue weighted by Gasteiger charge is -2.34. The topological polar surface area (TPSA) is 91.0 Å². The van der Waals surface area contributed by atoms with Crippen molar-refractivity contribution in [3.8, 4) is 0 Å². The van der Waals surface area contributed by atoms with Gasteiger partial charge in [0.05, 0.1) is 4.88 Å². The van der Waals surface area contributed by atoms with E-state index < -0.39 is 6.04 Å². The second kappa shape index (κ2) is 6.91. The number of thiophene rings is 1. The maximum Gasteiger partial charge on any atom is 0.264 e. The molecule has 2 aromatic rings. The Hall–Kier alpha value is -2.22. The number of aromatic amines is 1. The van der Waals surface area contributed by atoms with Crippen LogP contribution in [0.5, 0.6) is 0 Å². The van der Waals surface area contributed by atoms with Crippen molar-refractivity contribution in [1.82, 2.24) is 20.1 Å². The first-order valence-electron chi connectivity index (χ1n) is 7.75. The van der Waals surface area contributed by atoms with Crippen LogP contribution in [-0.2, 0) is 11.2 Å². The number of carbonyl (C=O) groups is 2. The number of piperidine rings is 1. The molecule has 0 bridgehead atoms. The van der Waals surface area contributed by atoms with Crippen LogP contribution in [0.1, 0.15) is 41.7 Å². The van der Waals surface area contributed by atoms with Gasteiger partial charge in [-0.3, -0.25) is 20.0 Å². The van der Waals surface area contributed by atoms with Crippen molar-refractivity contribution < 1.29 is 9.59 Å². The van der Waals surface area contributed by atoms with Gasteiger partial charge in [0.1, 0.15) is 11.9 Å². The third-order valence-corrected chi connectivity index (χ3v) is 4.76. The molecule has 0 radical (unpaired) electrons. The molecule has 23 heavy (non-hydrogen) atoms. The lowest BCUT2D eigenvalue weighted by atomic mass is 10.0. The molecule has 0 spiro atoms. The van der Waals surface area contributed by atoms with Crippen molar-refractivity contribution in [1.29, 1.82) is 0 Å². The van der Waals surface area contributed by atoms with E-state index in [4.69, 9.17) is 0 Å². The third kappa shape index (κ3) is 3.42. The molecule has 3 heterocycles. The Bertz CT molecular complexity index is 682. The molecule has 0 aromatic carbocycles. The van der Waals surface area contributed by atoms with E-state index in [0.717, 1.165) is 25.1 Å². The number of rotatable bonds is 4. The molecule has 122 valence electrons. The van der Waals surface area contributed by atoms with Crippen LogP contribution < -0.4 is 5.32 Å². The molecule has 2 amide bonds. The van der Waals surface area contributed by atoms with Crippen LogP contribution in [0.2, 0.25) is 0 Å². The van der Waals surface area contributed by atoms with E-state index in [2.05, 4.69) is 20.5 Å². The van der Waals surface area contributed by atoms with E-state index in [0.29, 0.717) is 17.8 Å². The minimum atomic E-state index is -0.470. The quantitative estimate of drug-likeness (QED) is 0.896. The molecule has 1 aliphatic rings. The Morgan fingerprint density at radius 3 is 3.04 bits per heavy atom. The van der Waals surface area contributed by atoms with Crippen molar-refractivity contribution in [3.05, 3.63) is 28.2 Å². The summed E-state index contributed by atoms with van der Waals surface area (Å²) in [6, 6.07) is 3.16. The number of H-pyrrole nitrogens is 1. The summed E-state index contributed by atoms with van der Waals surface area (Å²) in [5, 5.41) is 11.3. The van der Waals surface area contributed by atoms with Crippen LogP contribution in [0.4, 0.5) is 5.95 Å². The average molecular weight is 333 g/mol. The summed E-state index contributed by atoms with van der Waals surface area (Å²) in [5.74, 6) is 0.678. The smallest absolute Gasteiger partial charge is 0.264 e. The van der Waals surface area contributed by atoms with E-state index in [1.54, 1.807) is 11.0 Å². The summed E-state index contributed by atoms with van der Waals surface area (Å²) in [7, 11) is 0. The average Bonchev–Trinajstić information content (AvgIpc) is 3.25. The maximum absolute atomic E-state index is 12.6. The van der Waals surface area contributed by atoms with E-state index in [-0.39, 0.29) is 17.8 Å². The molecule has 8 heteroatoms. The van der Waals surface area contributed by atoms with Gasteiger partial charge >= 0.3 is 0 Å². The van der Waals surface area contributed by atoms with Gasteiger partial charge in [0, 0.05) is 13.0 Å². The number of carbonyl (C=O) groups excluding carboxylic acids is 2. The Balaban J connectivity index is 1.72.